The van der Waals surface area contributed by atoms with E-state index in [0.717, 1.165) is 5.52 Å². The van der Waals surface area contributed by atoms with E-state index in [4.69, 9.17) is 9.47 Å². The van der Waals surface area contributed by atoms with Crippen LogP contribution in [0.4, 0.5) is 5.69 Å². The normalized spacial score (nSPS) is 28.6. The lowest BCUT2D eigenvalue weighted by molar-refractivity contribution is -0.142. The number of benzene rings is 2. The average molecular weight is 613 g/mol. The third kappa shape index (κ3) is 4.23. The van der Waals surface area contributed by atoms with Gasteiger partial charge in [0.1, 0.15) is 29.6 Å². The fourth-order valence-corrected chi connectivity index (χ4v) is 7.33. The molecular weight excluding hydrogens is 584 g/mol. The zero-order valence-corrected chi connectivity index (χ0v) is 23.3. The number of halogens is 1. The Morgan fingerprint density at radius 1 is 1.20 bits per heavy atom. The number of likely N-dealkylation sites (tertiary alicyclic amines) is 1. The first kappa shape index (κ1) is 26.7. The van der Waals surface area contributed by atoms with E-state index in [2.05, 4.69) is 36.9 Å². The van der Waals surface area contributed by atoms with Crippen LogP contribution in [0.2, 0.25) is 0 Å². The number of ether oxygens (including phenoxy) is 2. The number of nitrogens with zero attached hydrogens (tertiary/aromatic N) is 4. The Bertz CT molecular complexity index is 1450. The molecule has 3 N–H and O–H groups in total. The van der Waals surface area contributed by atoms with E-state index < -0.39 is 35.5 Å². The Morgan fingerprint density at radius 3 is 2.73 bits per heavy atom. The number of aliphatic hydroxyl groups excluding tert-OH is 1. The first-order chi connectivity index (χ1) is 19.4. The van der Waals surface area contributed by atoms with Crippen molar-refractivity contribution in [3.8, 4) is 5.75 Å². The van der Waals surface area contributed by atoms with Crippen LogP contribution in [0.15, 0.2) is 48.5 Å². The van der Waals surface area contributed by atoms with Crippen LogP contribution in [0.5, 0.6) is 5.75 Å². The maximum absolute atomic E-state index is 13.8. The van der Waals surface area contributed by atoms with Gasteiger partial charge in [0, 0.05) is 17.1 Å². The van der Waals surface area contributed by atoms with Gasteiger partial charge in [-0.1, -0.05) is 33.3 Å². The molecule has 12 nitrogen and oxygen atoms in total. The summed E-state index contributed by atoms with van der Waals surface area (Å²) in [6.07, 6.45) is -0.227. The summed E-state index contributed by atoms with van der Waals surface area (Å²) in [6.45, 7) is 2.05. The zero-order chi connectivity index (χ0) is 28.0. The van der Waals surface area contributed by atoms with Crippen LogP contribution in [-0.2, 0) is 25.8 Å². The van der Waals surface area contributed by atoms with E-state index in [1.807, 2.05) is 31.2 Å². The first-order valence-corrected chi connectivity index (χ1v) is 14.1. The van der Waals surface area contributed by atoms with Crippen molar-refractivity contribution in [2.45, 2.75) is 42.6 Å². The van der Waals surface area contributed by atoms with Gasteiger partial charge >= 0.3 is 0 Å². The molecule has 2 aromatic carbocycles. The van der Waals surface area contributed by atoms with Crippen LogP contribution < -0.4 is 15.4 Å². The van der Waals surface area contributed by atoms with Crippen LogP contribution in [-0.4, -0.2) is 85.1 Å². The van der Waals surface area contributed by atoms with E-state index in [-0.39, 0.29) is 36.5 Å². The van der Waals surface area contributed by atoms with Gasteiger partial charge in [-0.2, -0.15) is 0 Å². The number of amides is 3. The topological polar surface area (TPSA) is 148 Å². The quantitative estimate of drug-likeness (QED) is 0.306. The van der Waals surface area contributed by atoms with Gasteiger partial charge in [0.25, 0.3) is 0 Å². The highest BCUT2D eigenvalue weighted by Crippen LogP contribution is 2.60. The second-order valence-corrected chi connectivity index (χ2v) is 11.3. The van der Waals surface area contributed by atoms with E-state index in [9.17, 15) is 19.5 Å². The number of hydrogen-bond acceptors (Lipinski definition) is 8. The van der Waals surface area contributed by atoms with Crippen molar-refractivity contribution in [3.63, 3.8) is 0 Å². The number of aliphatic hydroxyl groups is 1. The highest BCUT2D eigenvalue weighted by Gasteiger charge is 2.76. The minimum absolute atomic E-state index is 0.0283. The Hall–Kier alpha value is -3.55. The highest BCUT2D eigenvalue weighted by molar-refractivity contribution is 9.09. The van der Waals surface area contributed by atoms with E-state index in [0.29, 0.717) is 30.0 Å². The molecular formula is C27H29BrN6O6. The van der Waals surface area contributed by atoms with Crippen LogP contribution in [0.1, 0.15) is 13.3 Å². The molecule has 13 heteroatoms. The van der Waals surface area contributed by atoms with Gasteiger partial charge in [-0.15, -0.1) is 5.10 Å². The standard InChI is InChI=1S/C27H29BrN6O6/c1-2-39-16-9-7-15(8-10-16)30-24(36)20-21-26(38)33(11-12-35)23(27(21)13-17(28)22(20)40-27)25(37)29-14-34-19-6-4-3-5-18(19)31-32-34/h3-10,17,20-23,35H,2,11-14H2,1H3,(H,29,37)(H,30,36)/t17?,20-,21-,22-,23?,27?/m0/s1. The molecule has 6 atom stereocenters. The van der Waals surface area contributed by atoms with Gasteiger partial charge in [-0.3, -0.25) is 14.4 Å². The molecule has 1 spiro atoms. The van der Waals surface area contributed by atoms with Crippen molar-refractivity contribution in [1.29, 1.82) is 0 Å². The Labute approximate surface area is 238 Å². The summed E-state index contributed by atoms with van der Waals surface area (Å²) in [6, 6.07) is 13.3. The molecule has 3 amide bonds. The number of anilines is 1. The van der Waals surface area contributed by atoms with Crippen LogP contribution in [0.25, 0.3) is 11.0 Å². The summed E-state index contributed by atoms with van der Waals surface area (Å²) >= 11 is 3.65. The predicted octanol–water partition coefficient (Wildman–Crippen LogP) is 1.28. The molecule has 6 rings (SSSR count). The Morgan fingerprint density at radius 2 is 1.98 bits per heavy atom. The smallest absolute Gasteiger partial charge is 0.247 e. The Balaban J connectivity index is 1.25. The largest absolute Gasteiger partial charge is 0.494 e. The van der Waals surface area contributed by atoms with Gasteiger partial charge in [0.2, 0.25) is 17.7 Å². The van der Waals surface area contributed by atoms with Gasteiger partial charge in [0.05, 0.1) is 36.7 Å². The SMILES string of the molecule is CCOc1ccc(NC(=O)[C@H]2[C@H]3C(=O)N(CCO)C(C(=O)NCn4nnc5ccccc54)C34CC(Br)[C@@H]2O4)cc1. The fraction of sp³-hybridized carbons (Fsp3) is 0.444. The molecule has 3 unspecified atom stereocenters. The number of fused-ring (bicyclic) bond motifs is 2. The number of hydrogen-bond donors (Lipinski definition) is 3. The van der Waals surface area contributed by atoms with Crippen molar-refractivity contribution in [3.05, 3.63) is 48.5 Å². The molecule has 3 saturated heterocycles. The number of para-hydroxylation sites is 1. The van der Waals surface area contributed by atoms with Crippen LogP contribution in [0, 0.1) is 11.8 Å². The molecule has 40 heavy (non-hydrogen) atoms. The summed E-state index contributed by atoms with van der Waals surface area (Å²) in [7, 11) is 0. The number of rotatable bonds is 9. The molecule has 0 saturated carbocycles. The molecule has 1 aromatic heterocycles. The molecule has 0 radical (unpaired) electrons. The first-order valence-electron chi connectivity index (χ1n) is 13.2. The van der Waals surface area contributed by atoms with E-state index >= 15 is 0 Å². The van der Waals surface area contributed by atoms with E-state index in [1.54, 1.807) is 28.9 Å². The van der Waals surface area contributed by atoms with Crippen molar-refractivity contribution in [2.24, 2.45) is 11.8 Å². The summed E-state index contributed by atoms with van der Waals surface area (Å²) in [5.74, 6) is -2.20. The molecule has 3 aliphatic rings. The summed E-state index contributed by atoms with van der Waals surface area (Å²) in [5, 5.41) is 23.8. The summed E-state index contributed by atoms with van der Waals surface area (Å²) < 4.78 is 13.5. The molecule has 3 aromatic rings. The van der Waals surface area contributed by atoms with Crippen molar-refractivity contribution >= 4 is 50.4 Å². The molecule has 4 heterocycles. The summed E-state index contributed by atoms with van der Waals surface area (Å²) in [4.78, 5) is 42.2. The third-order valence-electron chi connectivity index (χ3n) is 7.94. The summed E-state index contributed by atoms with van der Waals surface area (Å²) in [5.41, 5.74) is 0.775. The van der Waals surface area contributed by atoms with Gasteiger partial charge in [-0.25, -0.2) is 4.68 Å². The number of carbonyl (C=O) groups is 3. The minimum atomic E-state index is -1.22. The molecule has 3 aliphatic heterocycles. The molecule has 2 bridgehead atoms. The second kappa shape index (κ2) is 10.5. The van der Waals surface area contributed by atoms with Gasteiger partial charge in [-0.05, 0) is 49.7 Å². The second-order valence-electron chi connectivity index (χ2n) is 10.1. The minimum Gasteiger partial charge on any atom is -0.494 e. The number of nitrogens with one attached hydrogen (secondary N) is 2. The van der Waals surface area contributed by atoms with Crippen molar-refractivity contribution in [2.75, 3.05) is 25.1 Å². The van der Waals surface area contributed by atoms with Crippen LogP contribution in [0.3, 0.4) is 0 Å². The average Bonchev–Trinajstić information content (AvgIpc) is 3.66. The number of aromatic nitrogens is 3. The number of alkyl halides is 1. The molecule has 3 fully saturated rings. The lowest BCUT2D eigenvalue weighted by Crippen LogP contribution is -2.56. The maximum atomic E-state index is 13.8. The monoisotopic (exact) mass is 612 g/mol. The van der Waals surface area contributed by atoms with Gasteiger partial charge < -0.3 is 30.1 Å². The third-order valence-corrected chi connectivity index (χ3v) is 8.78. The number of β-amino-alcohol motifs (C(OH)–C–C–N with tert-alkyl or cyclic N) is 1. The predicted molar refractivity (Wildman–Crippen MR) is 146 cm³/mol. The van der Waals surface area contributed by atoms with Crippen molar-refractivity contribution < 1.29 is 29.0 Å². The fourth-order valence-electron chi connectivity index (χ4n) is 6.39. The number of carbonyl (C=O) groups excluding carboxylic acids is 3. The zero-order valence-electron chi connectivity index (χ0n) is 21.7. The lowest BCUT2D eigenvalue weighted by Gasteiger charge is -2.33. The molecule has 0 aliphatic carbocycles. The van der Waals surface area contributed by atoms with Crippen LogP contribution >= 0.6 is 15.9 Å². The van der Waals surface area contributed by atoms with Crippen molar-refractivity contribution in [1.82, 2.24) is 25.2 Å². The van der Waals surface area contributed by atoms with E-state index in [1.165, 1.54) is 4.90 Å². The molecule has 210 valence electrons. The van der Waals surface area contributed by atoms with Gasteiger partial charge in [0.15, 0.2) is 0 Å². The Kier molecular flexibility index (Phi) is 6.97. The lowest BCUT2D eigenvalue weighted by atomic mass is 9.70. The maximum Gasteiger partial charge on any atom is 0.247 e. The highest BCUT2D eigenvalue weighted by atomic mass is 79.9.